The number of benzene rings is 1. The normalized spacial score (nSPS) is 16.4. The molecule has 0 aliphatic heterocycles. The molecule has 138 valence electrons. The van der Waals surface area contributed by atoms with Crippen molar-refractivity contribution in [2.45, 2.75) is 57.0 Å². The van der Waals surface area contributed by atoms with Crippen LogP contribution in [0.4, 0.5) is 0 Å². The third-order valence-electron chi connectivity index (χ3n) is 4.47. The van der Waals surface area contributed by atoms with Gasteiger partial charge in [-0.05, 0) is 49.5 Å². The summed E-state index contributed by atoms with van der Waals surface area (Å²) in [6, 6.07) is 6.53. The Morgan fingerprint density at radius 1 is 1.12 bits per heavy atom. The van der Waals surface area contributed by atoms with Crippen molar-refractivity contribution in [1.82, 2.24) is 4.31 Å². The zero-order valence-corrected chi connectivity index (χ0v) is 15.8. The second-order valence-electron chi connectivity index (χ2n) is 6.19. The van der Waals surface area contributed by atoms with Gasteiger partial charge in [0.2, 0.25) is 10.0 Å². The number of carbonyl (C=O) groups is 1. The monoisotopic (exact) mass is 365 g/mol. The van der Waals surface area contributed by atoms with Crippen LogP contribution in [-0.2, 0) is 19.6 Å². The van der Waals surface area contributed by atoms with E-state index in [1.165, 1.54) is 16.8 Å². The standard InChI is InChI=1S/C19H27NO4S/c1-3-20(4-2)25(22,23)18-13-10-16(11-14-18)12-15-19(21)24-17-8-6-5-7-9-17/h10-15,17H,3-9H2,1-2H3/b15-12+. The Kier molecular flexibility index (Phi) is 7.20. The molecule has 0 radical (unpaired) electrons. The third kappa shape index (κ3) is 5.41. The number of hydrogen-bond acceptors (Lipinski definition) is 4. The smallest absolute Gasteiger partial charge is 0.331 e. The zero-order valence-electron chi connectivity index (χ0n) is 15.0. The summed E-state index contributed by atoms with van der Waals surface area (Å²) in [4.78, 5) is 12.1. The molecule has 1 aromatic rings. The average molecular weight is 365 g/mol. The van der Waals surface area contributed by atoms with Crippen molar-refractivity contribution in [1.29, 1.82) is 0 Å². The van der Waals surface area contributed by atoms with Gasteiger partial charge in [-0.2, -0.15) is 4.31 Å². The fourth-order valence-electron chi connectivity index (χ4n) is 3.01. The van der Waals surface area contributed by atoms with Gasteiger partial charge in [0.05, 0.1) is 4.90 Å². The fourth-order valence-corrected chi connectivity index (χ4v) is 4.47. The molecule has 0 N–H and O–H groups in total. The van der Waals surface area contributed by atoms with Gasteiger partial charge in [-0.15, -0.1) is 0 Å². The summed E-state index contributed by atoms with van der Waals surface area (Å²) >= 11 is 0. The van der Waals surface area contributed by atoms with E-state index in [1.54, 1.807) is 30.3 Å². The van der Waals surface area contributed by atoms with Crippen molar-refractivity contribution in [2.75, 3.05) is 13.1 Å². The Bertz CT molecular complexity index is 685. The molecule has 0 atom stereocenters. The Morgan fingerprint density at radius 3 is 2.28 bits per heavy atom. The van der Waals surface area contributed by atoms with Gasteiger partial charge in [0.1, 0.15) is 6.10 Å². The lowest BCUT2D eigenvalue weighted by Crippen LogP contribution is -2.30. The van der Waals surface area contributed by atoms with Gasteiger partial charge in [0.15, 0.2) is 0 Å². The average Bonchev–Trinajstić information content (AvgIpc) is 2.62. The van der Waals surface area contributed by atoms with Crippen LogP contribution in [0.2, 0.25) is 0 Å². The van der Waals surface area contributed by atoms with Crippen LogP contribution in [0.5, 0.6) is 0 Å². The van der Waals surface area contributed by atoms with Crippen molar-refractivity contribution in [3.8, 4) is 0 Å². The lowest BCUT2D eigenvalue weighted by molar-refractivity contribution is -0.144. The first-order chi connectivity index (χ1) is 12.0. The van der Waals surface area contributed by atoms with Crippen molar-refractivity contribution in [2.24, 2.45) is 0 Å². The molecular formula is C19H27NO4S. The summed E-state index contributed by atoms with van der Waals surface area (Å²) in [7, 11) is -3.45. The van der Waals surface area contributed by atoms with E-state index in [2.05, 4.69) is 0 Å². The number of ether oxygens (including phenoxy) is 1. The van der Waals surface area contributed by atoms with E-state index < -0.39 is 10.0 Å². The van der Waals surface area contributed by atoms with E-state index in [9.17, 15) is 13.2 Å². The molecule has 1 aliphatic rings. The van der Waals surface area contributed by atoms with Crippen molar-refractivity contribution in [3.63, 3.8) is 0 Å². The molecule has 5 nitrogen and oxygen atoms in total. The Hall–Kier alpha value is -1.66. The lowest BCUT2D eigenvalue weighted by atomic mass is 9.98. The number of sulfonamides is 1. The van der Waals surface area contributed by atoms with Gasteiger partial charge in [-0.3, -0.25) is 0 Å². The fraction of sp³-hybridized carbons (Fsp3) is 0.526. The summed E-state index contributed by atoms with van der Waals surface area (Å²) in [5, 5.41) is 0. The molecule has 2 rings (SSSR count). The molecule has 25 heavy (non-hydrogen) atoms. The highest BCUT2D eigenvalue weighted by molar-refractivity contribution is 7.89. The molecular weight excluding hydrogens is 338 g/mol. The SMILES string of the molecule is CCN(CC)S(=O)(=O)c1ccc(/C=C/C(=O)OC2CCCCC2)cc1. The number of nitrogens with zero attached hydrogens (tertiary/aromatic N) is 1. The molecule has 0 aromatic heterocycles. The number of esters is 1. The first-order valence-electron chi connectivity index (χ1n) is 8.96. The molecule has 0 unspecified atom stereocenters. The van der Waals surface area contributed by atoms with Gasteiger partial charge in [0.25, 0.3) is 0 Å². The molecule has 0 heterocycles. The minimum absolute atomic E-state index is 0.0347. The van der Waals surface area contributed by atoms with E-state index in [4.69, 9.17) is 4.74 Å². The first kappa shape index (κ1) is 19.7. The minimum atomic E-state index is -3.45. The van der Waals surface area contributed by atoms with Gasteiger partial charge in [-0.1, -0.05) is 32.4 Å². The largest absolute Gasteiger partial charge is 0.459 e. The van der Waals surface area contributed by atoms with Gasteiger partial charge in [0, 0.05) is 19.2 Å². The molecule has 6 heteroatoms. The van der Waals surface area contributed by atoms with E-state index in [0.29, 0.717) is 13.1 Å². The summed E-state index contributed by atoms with van der Waals surface area (Å²) in [5.41, 5.74) is 0.763. The molecule has 0 bridgehead atoms. The van der Waals surface area contributed by atoms with E-state index in [1.807, 2.05) is 13.8 Å². The van der Waals surface area contributed by atoms with E-state index in [0.717, 1.165) is 31.2 Å². The highest BCUT2D eigenvalue weighted by Crippen LogP contribution is 2.21. The van der Waals surface area contributed by atoms with E-state index in [-0.39, 0.29) is 17.0 Å². The summed E-state index contributed by atoms with van der Waals surface area (Å²) in [6.45, 7) is 4.51. The predicted octanol–water partition coefficient (Wildman–Crippen LogP) is 3.61. The van der Waals surface area contributed by atoms with Crippen molar-refractivity contribution in [3.05, 3.63) is 35.9 Å². The maximum atomic E-state index is 12.4. The first-order valence-corrected chi connectivity index (χ1v) is 10.4. The maximum Gasteiger partial charge on any atom is 0.331 e. The Morgan fingerprint density at radius 2 is 1.72 bits per heavy atom. The van der Waals surface area contributed by atoms with Gasteiger partial charge >= 0.3 is 5.97 Å². The lowest BCUT2D eigenvalue weighted by Gasteiger charge is -2.20. The molecule has 0 saturated heterocycles. The van der Waals surface area contributed by atoms with Crippen molar-refractivity contribution >= 4 is 22.1 Å². The topological polar surface area (TPSA) is 63.7 Å². The highest BCUT2D eigenvalue weighted by atomic mass is 32.2. The van der Waals surface area contributed by atoms with Crippen LogP contribution in [-0.4, -0.2) is 37.9 Å². The molecule has 0 amide bonds. The van der Waals surface area contributed by atoms with Crippen LogP contribution >= 0.6 is 0 Å². The molecule has 1 fully saturated rings. The predicted molar refractivity (Wildman–Crippen MR) is 98.5 cm³/mol. The molecule has 0 spiro atoms. The second kappa shape index (κ2) is 9.15. The molecule has 1 saturated carbocycles. The number of carbonyl (C=O) groups excluding carboxylic acids is 1. The number of hydrogen-bond donors (Lipinski definition) is 0. The van der Waals surface area contributed by atoms with Crippen LogP contribution in [0.3, 0.4) is 0 Å². The summed E-state index contributed by atoms with van der Waals surface area (Å²) < 4.78 is 31.7. The van der Waals surface area contributed by atoms with Gasteiger partial charge < -0.3 is 4.74 Å². The highest BCUT2D eigenvalue weighted by Gasteiger charge is 2.21. The summed E-state index contributed by atoms with van der Waals surface area (Å²) in [6.07, 6.45) is 8.42. The Balaban J connectivity index is 1.98. The minimum Gasteiger partial charge on any atom is -0.459 e. The third-order valence-corrected chi connectivity index (χ3v) is 6.53. The van der Waals surface area contributed by atoms with E-state index >= 15 is 0 Å². The van der Waals surface area contributed by atoms with Gasteiger partial charge in [-0.25, -0.2) is 13.2 Å². The van der Waals surface area contributed by atoms with Crippen LogP contribution < -0.4 is 0 Å². The second-order valence-corrected chi connectivity index (χ2v) is 8.13. The van der Waals surface area contributed by atoms with Crippen LogP contribution in [0, 0.1) is 0 Å². The Labute approximate surface area is 150 Å². The molecule has 1 aliphatic carbocycles. The molecule has 1 aromatic carbocycles. The number of rotatable bonds is 7. The van der Waals surface area contributed by atoms with Crippen LogP contribution in [0.25, 0.3) is 6.08 Å². The maximum absolute atomic E-state index is 12.4. The summed E-state index contributed by atoms with van der Waals surface area (Å²) in [5.74, 6) is -0.341. The van der Waals surface area contributed by atoms with Crippen molar-refractivity contribution < 1.29 is 17.9 Å². The zero-order chi connectivity index (χ0) is 18.3. The van der Waals surface area contributed by atoms with Crippen LogP contribution in [0.15, 0.2) is 35.2 Å². The van der Waals surface area contributed by atoms with Crippen LogP contribution in [0.1, 0.15) is 51.5 Å². The quantitative estimate of drug-likeness (QED) is 0.547.